The van der Waals surface area contributed by atoms with Crippen molar-refractivity contribution in [1.29, 1.82) is 0 Å². The van der Waals surface area contributed by atoms with E-state index < -0.39 is 0 Å². The topological polar surface area (TPSA) is 50.8 Å². The number of nitrogens with zero attached hydrogens (tertiary/aromatic N) is 1. The van der Waals surface area contributed by atoms with Crippen LogP contribution in [0.1, 0.15) is 25.7 Å². The van der Waals surface area contributed by atoms with Crippen molar-refractivity contribution in [3.8, 4) is 11.5 Å². The molecule has 4 rings (SSSR count). The van der Waals surface area contributed by atoms with Crippen molar-refractivity contribution in [2.75, 3.05) is 31.2 Å². The van der Waals surface area contributed by atoms with Gasteiger partial charge in [-0.05, 0) is 55.9 Å². The Bertz CT molecular complexity index is 776. The number of hydrogen-bond acceptors (Lipinski definition) is 4. The van der Waals surface area contributed by atoms with Crippen molar-refractivity contribution in [2.24, 2.45) is 5.92 Å². The van der Waals surface area contributed by atoms with Crippen molar-refractivity contribution in [1.82, 2.24) is 5.32 Å². The number of anilines is 1. The van der Waals surface area contributed by atoms with E-state index in [2.05, 4.69) is 22.3 Å². The minimum absolute atomic E-state index is 0.00587. The van der Waals surface area contributed by atoms with E-state index in [0.29, 0.717) is 5.92 Å². The van der Waals surface area contributed by atoms with Gasteiger partial charge in [0.25, 0.3) is 0 Å². The van der Waals surface area contributed by atoms with Crippen LogP contribution >= 0.6 is 0 Å². The fourth-order valence-corrected chi connectivity index (χ4v) is 3.57. The lowest BCUT2D eigenvalue weighted by Gasteiger charge is -2.35. The molecule has 0 spiro atoms. The lowest BCUT2D eigenvalue weighted by molar-refractivity contribution is -0.126. The smallest absolute Gasteiger partial charge is 0.246 e. The number of hydrogen-bond donors (Lipinski definition) is 1. The molecule has 148 valence electrons. The summed E-state index contributed by atoms with van der Waals surface area (Å²) in [5, 5.41) is 3.13. The molecule has 0 bridgehead atoms. The minimum Gasteiger partial charge on any atom is -0.457 e. The molecule has 1 aliphatic heterocycles. The molecule has 2 aliphatic rings. The second kappa shape index (κ2) is 9.11. The molecule has 28 heavy (non-hydrogen) atoms. The number of piperidine rings is 1. The van der Waals surface area contributed by atoms with Crippen LogP contribution in [-0.2, 0) is 9.53 Å². The maximum absolute atomic E-state index is 12.1. The minimum atomic E-state index is -0.00587. The van der Waals surface area contributed by atoms with Gasteiger partial charge in [0.05, 0.1) is 6.61 Å². The van der Waals surface area contributed by atoms with E-state index >= 15 is 0 Å². The highest BCUT2D eigenvalue weighted by atomic mass is 16.5. The number of benzene rings is 2. The summed E-state index contributed by atoms with van der Waals surface area (Å²) in [5.74, 6) is 2.33. The van der Waals surface area contributed by atoms with Crippen LogP contribution in [0, 0.1) is 5.92 Å². The molecule has 5 nitrogen and oxygen atoms in total. The Labute approximate surface area is 166 Å². The first-order valence-corrected chi connectivity index (χ1v) is 10.2. The van der Waals surface area contributed by atoms with Crippen LogP contribution in [0.15, 0.2) is 54.6 Å². The van der Waals surface area contributed by atoms with E-state index in [1.807, 2.05) is 42.5 Å². The van der Waals surface area contributed by atoms with Crippen LogP contribution in [0.25, 0.3) is 0 Å². The second-order valence-electron chi connectivity index (χ2n) is 7.72. The predicted molar refractivity (Wildman–Crippen MR) is 110 cm³/mol. The van der Waals surface area contributed by atoms with Gasteiger partial charge in [0.2, 0.25) is 5.91 Å². The van der Waals surface area contributed by atoms with Gasteiger partial charge in [0, 0.05) is 30.9 Å². The van der Waals surface area contributed by atoms with Crippen LogP contribution in [-0.4, -0.2) is 38.3 Å². The number of nitrogens with one attached hydrogen (secondary N) is 1. The highest BCUT2D eigenvalue weighted by molar-refractivity contribution is 5.77. The van der Waals surface area contributed by atoms with Gasteiger partial charge in [-0.15, -0.1) is 0 Å². The Hall–Kier alpha value is -2.53. The average Bonchev–Trinajstić information content (AvgIpc) is 3.54. The Balaban J connectivity index is 1.31. The van der Waals surface area contributed by atoms with Gasteiger partial charge < -0.3 is 19.7 Å². The number of carbonyl (C=O) groups is 1. The van der Waals surface area contributed by atoms with Crippen molar-refractivity contribution in [3.63, 3.8) is 0 Å². The molecular formula is C23H28N2O3. The fraction of sp³-hybridized carbons (Fsp3) is 0.435. The number of rotatable bonds is 8. The first kappa shape index (κ1) is 18.8. The molecule has 0 radical (unpaired) electrons. The number of amides is 1. The summed E-state index contributed by atoms with van der Waals surface area (Å²) in [5.41, 5.74) is 1.12. The van der Waals surface area contributed by atoms with Gasteiger partial charge in [-0.2, -0.15) is 0 Å². The summed E-state index contributed by atoms with van der Waals surface area (Å²) in [6.07, 6.45) is 4.54. The third kappa shape index (κ3) is 5.49. The van der Waals surface area contributed by atoms with E-state index in [-0.39, 0.29) is 18.6 Å². The maximum Gasteiger partial charge on any atom is 0.246 e. The molecule has 5 heteroatoms. The predicted octanol–water partition coefficient (Wildman–Crippen LogP) is 3.99. The number of para-hydroxylation sites is 1. The Morgan fingerprint density at radius 2 is 1.86 bits per heavy atom. The van der Waals surface area contributed by atoms with Gasteiger partial charge in [-0.25, -0.2) is 0 Å². The van der Waals surface area contributed by atoms with Gasteiger partial charge in [0.15, 0.2) is 0 Å². The molecule has 2 aromatic rings. The highest BCUT2D eigenvalue weighted by Gasteiger charge is 2.24. The van der Waals surface area contributed by atoms with Crippen molar-refractivity contribution in [3.05, 3.63) is 54.6 Å². The van der Waals surface area contributed by atoms with Gasteiger partial charge >= 0.3 is 0 Å². The largest absolute Gasteiger partial charge is 0.457 e. The molecule has 2 fully saturated rings. The van der Waals surface area contributed by atoms with E-state index in [1.165, 1.54) is 12.8 Å². The summed E-state index contributed by atoms with van der Waals surface area (Å²) in [4.78, 5) is 14.5. The standard InChI is InChI=1S/C23H28N2O3/c26-23(17-27-16-18-11-12-18)24-19-6-5-13-25(15-19)20-7-4-10-22(14-20)28-21-8-2-1-3-9-21/h1-4,7-10,14,18-19H,5-6,11-13,15-17H2,(H,24,26)/t19-/m0/s1. The lowest BCUT2D eigenvalue weighted by Crippen LogP contribution is -2.48. The Kier molecular flexibility index (Phi) is 6.12. The molecule has 0 aromatic heterocycles. The molecule has 2 aromatic carbocycles. The highest BCUT2D eigenvalue weighted by Crippen LogP contribution is 2.29. The zero-order valence-corrected chi connectivity index (χ0v) is 16.2. The molecule has 1 amide bonds. The maximum atomic E-state index is 12.1. The van der Waals surface area contributed by atoms with E-state index in [9.17, 15) is 4.79 Å². The summed E-state index contributed by atoms with van der Waals surface area (Å²) in [7, 11) is 0. The molecule has 1 atom stereocenters. The average molecular weight is 380 g/mol. The van der Waals surface area contributed by atoms with Gasteiger partial charge in [-0.1, -0.05) is 24.3 Å². The van der Waals surface area contributed by atoms with E-state index in [1.54, 1.807) is 0 Å². The van der Waals surface area contributed by atoms with Crippen LogP contribution in [0.5, 0.6) is 11.5 Å². The third-order valence-corrected chi connectivity index (χ3v) is 5.23. The summed E-state index contributed by atoms with van der Waals surface area (Å²) < 4.78 is 11.5. The zero-order valence-electron chi connectivity index (χ0n) is 16.2. The van der Waals surface area contributed by atoms with E-state index in [0.717, 1.165) is 49.7 Å². The van der Waals surface area contributed by atoms with Crippen molar-refractivity contribution >= 4 is 11.6 Å². The zero-order chi connectivity index (χ0) is 19.2. The second-order valence-corrected chi connectivity index (χ2v) is 7.72. The summed E-state index contributed by atoms with van der Waals surface area (Å²) in [6.45, 7) is 2.69. The first-order chi connectivity index (χ1) is 13.8. The van der Waals surface area contributed by atoms with Gasteiger partial charge in [-0.3, -0.25) is 4.79 Å². The monoisotopic (exact) mass is 380 g/mol. The summed E-state index contributed by atoms with van der Waals surface area (Å²) >= 11 is 0. The first-order valence-electron chi connectivity index (χ1n) is 10.2. The van der Waals surface area contributed by atoms with Gasteiger partial charge in [0.1, 0.15) is 18.1 Å². The molecule has 1 saturated carbocycles. The van der Waals surface area contributed by atoms with Crippen LogP contribution in [0.2, 0.25) is 0 Å². The fourth-order valence-electron chi connectivity index (χ4n) is 3.57. The third-order valence-electron chi connectivity index (χ3n) is 5.23. The van der Waals surface area contributed by atoms with Crippen molar-refractivity contribution in [2.45, 2.75) is 31.7 Å². The quantitative estimate of drug-likeness (QED) is 0.752. The molecular weight excluding hydrogens is 352 g/mol. The normalized spacial score (nSPS) is 19.3. The number of ether oxygens (including phenoxy) is 2. The number of carbonyl (C=O) groups excluding carboxylic acids is 1. The molecule has 1 N–H and O–H groups in total. The SMILES string of the molecule is O=C(COCC1CC1)N[C@H]1CCCN(c2cccc(Oc3ccccc3)c2)C1. The summed E-state index contributed by atoms with van der Waals surface area (Å²) in [6, 6.07) is 18.1. The van der Waals surface area contributed by atoms with Crippen LogP contribution < -0.4 is 15.0 Å². The van der Waals surface area contributed by atoms with Crippen LogP contribution in [0.4, 0.5) is 5.69 Å². The Morgan fingerprint density at radius 3 is 2.68 bits per heavy atom. The van der Waals surface area contributed by atoms with Crippen molar-refractivity contribution < 1.29 is 14.3 Å². The lowest BCUT2D eigenvalue weighted by atomic mass is 10.0. The molecule has 0 unspecified atom stereocenters. The van der Waals surface area contributed by atoms with Crippen LogP contribution in [0.3, 0.4) is 0 Å². The van der Waals surface area contributed by atoms with E-state index in [4.69, 9.17) is 9.47 Å². The molecule has 1 aliphatic carbocycles. The molecule has 1 heterocycles. The molecule has 1 saturated heterocycles. The Morgan fingerprint density at radius 1 is 1.04 bits per heavy atom.